The lowest BCUT2D eigenvalue weighted by atomic mass is 10.2. The molecule has 19 heavy (non-hydrogen) atoms. The third-order valence-electron chi connectivity index (χ3n) is 2.84. The Morgan fingerprint density at radius 3 is 2.37 bits per heavy atom. The standard InChI is InChI=1S/C15H17BrN3/c1-12-5-4-6-15(16)19(12)17-11-13-7-9-14(10-8-13)18(2)3/h4-11H,1-3H3/q+1. The number of hydrogen-bond donors (Lipinski definition) is 0. The lowest BCUT2D eigenvalue weighted by molar-refractivity contribution is -0.695. The van der Waals surface area contributed by atoms with E-state index in [-0.39, 0.29) is 0 Å². The van der Waals surface area contributed by atoms with Crippen LogP contribution in [0.3, 0.4) is 0 Å². The molecule has 2 rings (SSSR count). The van der Waals surface area contributed by atoms with E-state index in [4.69, 9.17) is 0 Å². The molecule has 2 aromatic rings. The molecule has 0 spiro atoms. The molecule has 3 nitrogen and oxygen atoms in total. The maximum atomic E-state index is 4.48. The number of rotatable bonds is 3. The maximum Gasteiger partial charge on any atom is 0.280 e. The summed E-state index contributed by atoms with van der Waals surface area (Å²) in [5.74, 6) is 0. The average Bonchev–Trinajstić information content (AvgIpc) is 2.38. The molecule has 0 unspecified atom stereocenters. The summed E-state index contributed by atoms with van der Waals surface area (Å²) < 4.78 is 2.80. The average molecular weight is 319 g/mol. The molecule has 1 aromatic carbocycles. The van der Waals surface area contributed by atoms with Gasteiger partial charge in [0.1, 0.15) is 6.21 Å². The van der Waals surface area contributed by atoms with E-state index in [9.17, 15) is 0 Å². The van der Waals surface area contributed by atoms with Crippen molar-refractivity contribution >= 4 is 27.8 Å². The molecule has 0 N–H and O–H groups in total. The topological polar surface area (TPSA) is 19.5 Å². The second-order valence-corrected chi connectivity index (χ2v) is 5.34. The van der Waals surface area contributed by atoms with E-state index in [1.165, 1.54) is 5.69 Å². The highest BCUT2D eigenvalue weighted by Gasteiger charge is 2.09. The van der Waals surface area contributed by atoms with Crippen LogP contribution in [0.5, 0.6) is 0 Å². The van der Waals surface area contributed by atoms with Gasteiger partial charge in [-0.15, -0.1) is 0 Å². The molecule has 0 atom stereocenters. The van der Waals surface area contributed by atoms with Crippen LogP contribution in [0.2, 0.25) is 0 Å². The Balaban J connectivity index is 2.23. The van der Waals surface area contributed by atoms with Gasteiger partial charge in [-0.2, -0.15) is 0 Å². The second kappa shape index (κ2) is 5.97. The Hall–Kier alpha value is -1.68. The van der Waals surface area contributed by atoms with Crippen LogP contribution in [0.1, 0.15) is 11.3 Å². The second-order valence-electron chi connectivity index (χ2n) is 4.53. The highest BCUT2D eigenvalue weighted by molar-refractivity contribution is 9.10. The van der Waals surface area contributed by atoms with Crippen LogP contribution >= 0.6 is 15.9 Å². The zero-order chi connectivity index (χ0) is 13.8. The lowest BCUT2D eigenvalue weighted by Crippen LogP contribution is -2.33. The molecule has 0 saturated heterocycles. The molecular formula is C15H17BrN3+. The van der Waals surface area contributed by atoms with Crippen LogP contribution in [0, 0.1) is 6.92 Å². The molecule has 4 heteroatoms. The summed E-state index contributed by atoms with van der Waals surface area (Å²) in [7, 11) is 4.06. The first-order valence-corrected chi connectivity index (χ1v) is 6.86. The van der Waals surface area contributed by atoms with Gasteiger partial charge in [-0.3, -0.25) is 0 Å². The Labute approximate surface area is 122 Å². The van der Waals surface area contributed by atoms with Crippen molar-refractivity contribution in [3.05, 3.63) is 58.3 Å². The van der Waals surface area contributed by atoms with E-state index < -0.39 is 0 Å². The zero-order valence-corrected chi connectivity index (χ0v) is 12.9. The molecule has 0 radical (unpaired) electrons. The van der Waals surface area contributed by atoms with E-state index in [0.29, 0.717) is 0 Å². The molecule has 0 fully saturated rings. The van der Waals surface area contributed by atoms with Crippen molar-refractivity contribution < 1.29 is 4.68 Å². The Morgan fingerprint density at radius 1 is 1.11 bits per heavy atom. The summed E-state index contributed by atoms with van der Waals surface area (Å²) in [5.41, 5.74) is 3.34. The van der Waals surface area contributed by atoms with E-state index in [1.807, 2.05) is 50.1 Å². The van der Waals surface area contributed by atoms with Crippen molar-refractivity contribution in [1.29, 1.82) is 0 Å². The zero-order valence-electron chi connectivity index (χ0n) is 11.3. The van der Waals surface area contributed by atoms with Crippen molar-refractivity contribution in [2.24, 2.45) is 5.10 Å². The molecule has 1 heterocycles. The monoisotopic (exact) mass is 318 g/mol. The number of anilines is 1. The van der Waals surface area contributed by atoms with Crippen molar-refractivity contribution in [3.8, 4) is 0 Å². The summed E-state index contributed by atoms with van der Waals surface area (Å²) in [6.07, 6.45) is 1.86. The minimum Gasteiger partial charge on any atom is -0.378 e. The largest absolute Gasteiger partial charge is 0.378 e. The highest BCUT2D eigenvalue weighted by Crippen LogP contribution is 2.11. The number of aromatic nitrogens is 1. The van der Waals surface area contributed by atoms with Gasteiger partial charge in [-0.25, -0.2) is 0 Å². The molecule has 0 aliphatic rings. The first kappa shape index (κ1) is 13.7. The van der Waals surface area contributed by atoms with Crippen molar-refractivity contribution in [3.63, 3.8) is 0 Å². The molecule has 1 aromatic heterocycles. The lowest BCUT2D eigenvalue weighted by Gasteiger charge is -2.11. The van der Waals surface area contributed by atoms with Crippen molar-refractivity contribution in [2.75, 3.05) is 19.0 Å². The van der Waals surface area contributed by atoms with E-state index in [2.05, 4.69) is 50.2 Å². The highest BCUT2D eigenvalue weighted by atomic mass is 79.9. The van der Waals surface area contributed by atoms with E-state index in [0.717, 1.165) is 15.9 Å². The molecule has 0 bridgehead atoms. The summed E-state index contributed by atoms with van der Waals surface area (Å²) >= 11 is 3.49. The maximum absolute atomic E-state index is 4.48. The fourth-order valence-corrected chi connectivity index (χ4v) is 2.23. The normalized spacial score (nSPS) is 10.9. The summed E-state index contributed by atoms with van der Waals surface area (Å²) in [5, 5.41) is 4.48. The minimum atomic E-state index is 0.939. The molecule has 0 aliphatic heterocycles. The van der Waals surface area contributed by atoms with Gasteiger partial charge in [-0.05, 0) is 33.5 Å². The molecule has 98 valence electrons. The Bertz CT molecular complexity index is 569. The summed E-state index contributed by atoms with van der Waals surface area (Å²) in [4.78, 5) is 2.08. The van der Waals surface area contributed by atoms with Gasteiger partial charge in [0, 0.05) is 54.8 Å². The number of hydrogen-bond acceptors (Lipinski definition) is 2. The number of halogens is 1. The van der Waals surface area contributed by atoms with Gasteiger partial charge in [0.25, 0.3) is 4.60 Å². The number of nitrogens with zero attached hydrogens (tertiary/aromatic N) is 3. The number of aryl methyl sites for hydroxylation is 1. The molecule has 0 amide bonds. The number of benzene rings is 1. The fraction of sp³-hybridized carbons (Fsp3) is 0.200. The third-order valence-corrected chi connectivity index (χ3v) is 3.44. The van der Waals surface area contributed by atoms with Gasteiger partial charge in [0.2, 0.25) is 5.69 Å². The van der Waals surface area contributed by atoms with Crippen molar-refractivity contribution in [2.45, 2.75) is 6.92 Å². The predicted octanol–water partition coefficient (Wildman–Crippen LogP) is 2.99. The minimum absolute atomic E-state index is 0.939. The molecular weight excluding hydrogens is 302 g/mol. The first-order valence-electron chi connectivity index (χ1n) is 6.07. The Kier molecular flexibility index (Phi) is 4.32. The van der Waals surface area contributed by atoms with E-state index >= 15 is 0 Å². The SMILES string of the molecule is Cc1cccc(Br)[n+]1N=Cc1ccc(N(C)C)cc1. The quantitative estimate of drug-likeness (QED) is 0.484. The van der Waals surface area contributed by atoms with Gasteiger partial charge >= 0.3 is 0 Å². The van der Waals surface area contributed by atoms with Crippen LogP contribution in [0.15, 0.2) is 52.2 Å². The first-order chi connectivity index (χ1) is 9.08. The van der Waals surface area contributed by atoms with Gasteiger partial charge in [0.15, 0.2) is 0 Å². The predicted molar refractivity (Wildman–Crippen MR) is 82.8 cm³/mol. The van der Waals surface area contributed by atoms with Crippen molar-refractivity contribution in [1.82, 2.24) is 0 Å². The third kappa shape index (κ3) is 3.41. The van der Waals surface area contributed by atoms with Crippen LogP contribution in [0.25, 0.3) is 0 Å². The van der Waals surface area contributed by atoms with Crippen LogP contribution in [-0.4, -0.2) is 20.3 Å². The van der Waals surface area contributed by atoms with E-state index in [1.54, 1.807) is 0 Å². The molecule has 0 saturated carbocycles. The van der Waals surface area contributed by atoms with Crippen LogP contribution in [0.4, 0.5) is 5.69 Å². The summed E-state index contributed by atoms with van der Waals surface area (Å²) in [6, 6.07) is 14.3. The summed E-state index contributed by atoms with van der Waals surface area (Å²) in [6.45, 7) is 2.03. The van der Waals surface area contributed by atoms with Gasteiger partial charge in [-0.1, -0.05) is 12.1 Å². The van der Waals surface area contributed by atoms with Gasteiger partial charge < -0.3 is 4.90 Å². The van der Waals surface area contributed by atoms with Crippen LogP contribution in [-0.2, 0) is 0 Å². The molecule has 0 aliphatic carbocycles. The van der Waals surface area contributed by atoms with Gasteiger partial charge in [0.05, 0.1) is 0 Å². The van der Waals surface area contributed by atoms with Crippen LogP contribution < -0.4 is 9.58 Å². The smallest absolute Gasteiger partial charge is 0.280 e. The Morgan fingerprint density at radius 2 is 1.79 bits per heavy atom. The number of pyridine rings is 1. The fourth-order valence-electron chi connectivity index (χ4n) is 1.71.